The summed E-state index contributed by atoms with van der Waals surface area (Å²) in [4.78, 5) is 6.53. The van der Waals surface area contributed by atoms with Crippen LogP contribution < -0.4 is 0 Å². The van der Waals surface area contributed by atoms with Crippen molar-refractivity contribution in [2.24, 2.45) is 10.1 Å². The summed E-state index contributed by atoms with van der Waals surface area (Å²) in [7, 11) is 0. The molecule has 0 bridgehead atoms. The molecule has 1 aliphatic rings. The van der Waals surface area contributed by atoms with Gasteiger partial charge in [-0.15, -0.1) is 0 Å². The van der Waals surface area contributed by atoms with Crippen LogP contribution in [0.5, 0.6) is 0 Å². The molecule has 1 aliphatic heterocycles. The lowest BCUT2D eigenvalue weighted by Crippen LogP contribution is -1.81. The maximum atomic E-state index is 7.90. The third-order valence-electron chi connectivity index (χ3n) is 1.01. The molecule has 0 spiro atoms. The Hall–Kier alpha value is -1.02. The molecule has 0 atom stereocenters. The van der Waals surface area contributed by atoms with Gasteiger partial charge in [0.05, 0.1) is 5.84 Å². The highest BCUT2D eigenvalue weighted by atomic mass is 15.2. The van der Waals surface area contributed by atoms with Gasteiger partial charge in [-0.2, -0.15) is 0 Å². The Morgan fingerprint density at radius 2 is 2.62 bits per heavy atom. The van der Waals surface area contributed by atoms with Crippen molar-refractivity contribution in [3.63, 3.8) is 0 Å². The smallest absolute Gasteiger partial charge is 0.0981 e. The molecular formula is C4H6N4. The SMILES string of the molecule is [N-]=[N+]=NC1=NCCC1. The van der Waals surface area contributed by atoms with E-state index in [0.717, 1.165) is 19.4 Å². The highest BCUT2D eigenvalue weighted by molar-refractivity contribution is 5.84. The summed E-state index contributed by atoms with van der Waals surface area (Å²) < 4.78 is 0. The second-order valence-corrected chi connectivity index (χ2v) is 1.59. The van der Waals surface area contributed by atoms with Crippen LogP contribution in [0.2, 0.25) is 0 Å². The van der Waals surface area contributed by atoms with Crippen LogP contribution in [-0.4, -0.2) is 12.4 Å². The first-order valence-corrected chi connectivity index (χ1v) is 2.52. The van der Waals surface area contributed by atoms with Gasteiger partial charge in [0.15, 0.2) is 0 Å². The van der Waals surface area contributed by atoms with Crippen LogP contribution in [0.25, 0.3) is 10.4 Å². The first kappa shape index (κ1) is 5.12. The number of amidine groups is 1. The minimum Gasteiger partial charge on any atom is -0.287 e. The molecule has 0 unspecified atom stereocenters. The van der Waals surface area contributed by atoms with E-state index in [1.165, 1.54) is 0 Å². The van der Waals surface area contributed by atoms with Gasteiger partial charge < -0.3 is 0 Å². The van der Waals surface area contributed by atoms with Gasteiger partial charge in [0, 0.05) is 11.5 Å². The molecular weight excluding hydrogens is 104 g/mol. The van der Waals surface area contributed by atoms with Gasteiger partial charge in [0.2, 0.25) is 0 Å². The van der Waals surface area contributed by atoms with Crippen molar-refractivity contribution in [1.29, 1.82) is 0 Å². The molecule has 4 nitrogen and oxygen atoms in total. The summed E-state index contributed by atoms with van der Waals surface area (Å²) in [6.07, 6.45) is 1.89. The molecule has 0 radical (unpaired) electrons. The van der Waals surface area contributed by atoms with E-state index < -0.39 is 0 Å². The fourth-order valence-corrected chi connectivity index (χ4v) is 0.658. The number of aliphatic imine (C=N–C) groups is 1. The molecule has 0 aliphatic carbocycles. The van der Waals surface area contributed by atoms with Crippen molar-refractivity contribution in [3.8, 4) is 0 Å². The van der Waals surface area contributed by atoms with Gasteiger partial charge in [-0.05, 0) is 23.5 Å². The summed E-state index contributed by atoms with van der Waals surface area (Å²) in [5.41, 5.74) is 7.90. The van der Waals surface area contributed by atoms with Crippen molar-refractivity contribution in [2.45, 2.75) is 12.8 Å². The molecule has 0 saturated heterocycles. The van der Waals surface area contributed by atoms with Crippen LogP contribution in [0, 0.1) is 0 Å². The molecule has 0 aromatic rings. The predicted octanol–water partition coefficient (Wildman–Crippen LogP) is 1.49. The van der Waals surface area contributed by atoms with Gasteiger partial charge in [-0.1, -0.05) is 0 Å². The molecule has 4 heteroatoms. The van der Waals surface area contributed by atoms with E-state index in [-0.39, 0.29) is 0 Å². The van der Waals surface area contributed by atoms with Crippen molar-refractivity contribution in [1.82, 2.24) is 0 Å². The average Bonchev–Trinajstić information content (AvgIpc) is 2.19. The lowest BCUT2D eigenvalue weighted by Gasteiger charge is -1.78. The zero-order valence-corrected chi connectivity index (χ0v) is 4.41. The van der Waals surface area contributed by atoms with Crippen LogP contribution in [0.15, 0.2) is 10.1 Å². The van der Waals surface area contributed by atoms with Crippen LogP contribution in [0.3, 0.4) is 0 Å². The Bertz CT molecular complexity index is 153. The molecule has 42 valence electrons. The van der Waals surface area contributed by atoms with Crippen LogP contribution in [0.4, 0.5) is 0 Å². The van der Waals surface area contributed by atoms with Crippen molar-refractivity contribution in [2.75, 3.05) is 6.54 Å². The Morgan fingerprint density at radius 3 is 3.12 bits per heavy atom. The topological polar surface area (TPSA) is 61.1 Å². The quantitative estimate of drug-likeness (QED) is 0.257. The highest BCUT2D eigenvalue weighted by Gasteiger charge is 2.01. The number of nitrogens with zero attached hydrogens (tertiary/aromatic N) is 4. The standard InChI is InChI=1S/C4H6N4/c5-8-7-4-2-1-3-6-4/h1-3H2. The summed E-state index contributed by atoms with van der Waals surface area (Å²) in [5, 5.41) is 3.35. The van der Waals surface area contributed by atoms with E-state index in [4.69, 9.17) is 5.53 Å². The fraction of sp³-hybridized carbons (Fsp3) is 0.750. The van der Waals surface area contributed by atoms with E-state index in [2.05, 4.69) is 15.0 Å². The Balaban J connectivity index is 2.57. The van der Waals surface area contributed by atoms with Crippen molar-refractivity contribution < 1.29 is 0 Å². The van der Waals surface area contributed by atoms with Crippen molar-refractivity contribution >= 4 is 5.84 Å². The fourth-order valence-electron chi connectivity index (χ4n) is 0.658. The van der Waals surface area contributed by atoms with Gasteiger partial charge in [-0.25, -0.2) is 0 Å². The Kier molecular flexibility index (Phi) is 1.49. The largest absolute Gasteiger partial charge is 0.287 e. The summed E-state index contributed by atoms with van der Waals surface area (Å²) >= 11 is 0. The zero-order chi connectivity index (χ0) is 5.82. The molecule has 1 heterocycles. The van der Waals surface area contributed by atoms with E-state index in [0.29, 0.717) is 5.84 Å². The van der Waals surface area contributed by atoms with E-state index in [1.807, 2.05) is 0 Å². The average molecular weight is 110 g/mol. The first-order chi connectivity index (χ1) is 3.93. The summed E-state index contributed by atoms with van der Waals surface area (Å²) in [6.45, 7) is 0.828. The molecule has 0 fully saturated rings. The minimum atomic E-state index is 0.660. The van der Waals surface area contributed by atoms with Gasteiger partial charge >= 0.3 is 0 Å². The zero-order valence-electron chi connectivity index (χ0n) is 4.41. The summed E-state index contributed by atoms with van der Waals surface area (Å²) in [5.74, 6) is 0.660. The predicted molar refractivity (Wildman–Crippen MR) is 30.7 cm³/mol. The molecule has 8 heavy (non-hydrogen) atoms. The van der Waals surface area contributed by atoms with Gasteiger partial charge in [-0.3, -0.25) is 4.99 Å². The molecule has 0 aromatic carbocycles. The number of hydrogen-bond donors (Lipinski definition) is 0. The molecule has 0 aromatic heterocycles. The maximum Gasteiger partial charge on any atom is 0.0981 e. The lowest BCUT2D eigenvalue weighted by atomic mass is 10.3. The van der Waals surface area contributed by atoms with E-state index in [9.17, 15) is 0 Å². The number of azide groups is 1. The molecule has 0 N–H and O–H groups in total. The van der Waals surface area contributed by atoms with Crippen molar-refractivity contribution in [3.05, 3.63) is 10.4 Å². The second kappa shape index (κ2) is 2.33. The normalized spacial score (nSPS) is 17.2. The molecule has 1 rings (SSSR count). The van der Waals surface area contributed by atoms with E-state index >= 15 is 0 Å². The number of rotatable bonds is 0. The van der Waals surface area contributed by atoms with Crippen LogP contribution >= 0.6 is 0 Å². The first-order valence-electron chi connectivity index (χ1n) is 2.52. The Morgan fingerprint density at radius 1 is 1.75 bits per heavy atom. The molecule has 0 saturated carbocycles. The summed E-state index contributed by atoms with van der Waals surface area (Å²) in [6, 6.07) is 0. The third-order valence-corrected chi connectivity index (χ3v) is 1.01. The highest BCUT2D eigenvalue weighted by Crippen LogP contribution is 2.03. The van der Waals surface area contributed by atoms with Gasteiger partial charge in [0.1, 0.15) is 0 Å². The number of hydrogen-bond acceptors (Lipinski definition) is 2. The van der Waals surface area contributed by atoms with Gasteiger partial charge in [0.25, 0.3) is 0 Å². The Labute approximate surface area is 46.9 Å². The maximum absolute atomic E-state index is 7.90. The third kappa shape index (κ3) is 0.978. The van der Waals surface area contributed by atoms with Crippen LogP contribution in [0.1, 0.15) is 12.8 Å². The second-order valence-electron chi connectivity index (χ2n) is 1.59. The minimum absolute atomic E-state index is 0.660. The molecule has 0 amide bonds. The van der Waals surface area contributed by atoms with Crippen LogP contribution in [-0.2, 0) is 0 Å². The lowest BCUT2D eigenvalue weighted by molar-refractivity contribution is 0.950. The monoisotopic (exact) mass is 110 g/mol. The van der Waals surface area contributed by atoms with E-state index in [1.54, 1.807) is 0 Å².